The van der Waals surface area contributed by atoms with Gasteiger partial charge in [-0.1, -0.05) is 18.2 Å². The predicted octanol–water partition coefficient (Wildman–Crippen LogP) is 4.56. The van der Waals surface area contributed by atoms with Gasteiger partial charge in [0.15, 0.2) is 11.6 Å². The Morgan fingerprint density at radius 2 is 1.63 bits per heavy atom. The second-order valence-electron chi connectivity index (χ2n) is 5.88. The topological polar surface area (TPSA) is 73.1 Å². The lowest BCUT2D eigenvalue weighted by Crippen LogP contribution is -2.11. The van der Waals surface area contributed by atoms with E-state index in [2.05, 4.69) is 4.98 Å². The zero-order chi connectivity index (χ0) is 19.2. The van der Waals surface area contributed by atoms with Gasteiger partial charge < -0.3 is 0 Å². The van der Waals surface area contributed by atoms with Crippen LogP contribution < -0.4 is 5.14 Å². The third-order valence-corrected chi connectivity index (χ3v) is 6.29. The first kappa shape index (κ1) is 17.7. The maximum atomic E-state index is 13.8. The van der Waals surface area contributed by atoms with Crippen molar-refractivity contribution in [1.29, 1.82) is 0 Å². The highest BCUT2D eigenvalue weighted by Gasteiger charge is 2.18. The maximum Gasteiger partial charge on any atom is 0.238 e. The van der Waals surface area contributed by atoms with Crippen LogP contribution in [-0.2, 0) is 10.0 Å². The number of pyridine rings is 1. The van der Waals surface area contributed by atoms with Crippen molar-refractivity contribution in [1.82, 2.24) is 4.98 Å². The van der Waals surface area contributed by atoms with Gasteiger partial charge >= 0.3 is 0 Å². The minimum absolute atomic E-state index is 0.00159. The van der Waals surface area contributed by atoms with Gasteiger partial charge in [-0.25, -0.2) is 22.3 Å². The average Bonchev–Trinajstić information content (AvgIpc) is 3.03. The molecule has 0 atom stereocenters. The molecular weight excluding hydrogens is 390 g/mol. The summed E-state index contributed by atoms with van der Waals surface area (Å²) >= 11 is 1.42. The molecule has 0 aliphatic rings. The highest BCUT2D eigenvalue weighted by molar-refractivity contribution is 7.89. The molecule has 0 saturated carbocycles. The normalized spacial score (nSPS) is 11.8. The molecule has 0 saturated heterocycles. The zero-order valence-electron chi connectivity index (χ0n) is 13.7. The number of hydrogen-bond acceptors (Lipinski definition) is 4. The van der Waals surface area contributed by atoms with E-state index >= 15 is 0 Å². The van der Waals surface area contributed by atoms with Crippen LogP contribution in [0.1, 0.15) is 0 Å². The molecule has 0 fully saturated rings. The summed E-state index contributed by atoms with van der Waals surface area (Å²) in [5, 5.41) is 5.99. The molecule has 0 amide bonds. The van der Waals surface area contributed by atoms with Crippen molar-refractivity contribution in [2.24, 2.45) is 5.14 Å². The van der Waals surface area contributed by atoms with Crippen LogP contribution in [0.2, 0.25) is 0 Å². The van der Waals surface area contributed by atoms with E-state index in [1.807, 2.05) is 6.07 Å². The highest BCUT2D eigenvalue weighted by atomic mass is 32.2. The molecule has 0 aliphatic carbocycles. The van der Waals surface area contributed by atoms with E-state index in [1.165, 1.54) is 29.5 Å². The van der Waals surface area contributed by atoms with Crippen LogP contribution in [0.25, 0.3) is 31.7 Å². The molecule has 136 valence electrons. The molecule has 2 aromatic heterocycles. The fourth-order valence-corrected chi connectivity index (χ4v) is 4.58. The van der Waals surface area contributed by atoms with Gasteiger partial charge in [-0.05, 0) is 41.5 Å². The van der Waals surface area contributed by atoms with Crippen molar-refractivity contribution in [3.63, 3.8) is 0 Å². The second-order valence-corrected chi connectivity index (χ2v) is 8.49. The van der Waals surface area contributed by atoms with Crippen molar-refractivity contribution in [3.05, 3.63) is 72.6 Å². The monoisotopic (exact) mass is 402 g/mol. The Morgan fingerprint density at radius 3 is 2.30 bits per heavy atom. The van der Waals surface area contributed by atoms with E-state index in [0.717, 1.165) is 38.2 Å². The Morgan fingerprint density at radius 1 is 0.926 bits per heavy atom. The zero-order valence-corrected chi connectivity index (χ0v) is 15.3. The molecule has 0 spiro atoms. The molecule has 0 unspecified atom stereocenters. The fraction of sp³-hybridized carbons (Fsp3) is 0. The summed E-state index contributed by atoms with van der Waals surface area (Å²) in [5.74, 6) is -1.85. The number of primary sulfonamides is 1. The van der Waals surface area contributed by atoms with Crippen LogP contribution in [0.15, 0.2) is 65.8 Å². The standard InChI is InChI=1S/C19H12F2N2O2S2/c20-15-6-3-12(9-16(15)21)19-18(14-10-23-8-7-17(14)26-19)11-1-4-13(5-2-11)27(22,24)25/h1-10H,(H2,22,24,25). The van der Waals surface area contributed by atoms with Crippen LogP contribution in [0.4, 0.5) is 8.78 Å². The van der Waals surface area contributed by atoms with E-state index in [1.54, 1.807) is 24.5 Å². The van der Waals surface area contributed by atoms with E-state index in [4.69, 9.17) is 5.14 Å². The third kappa shape index (κ3) is 3.23. The number of hydrogen-bond donors (Lipinski definition) is 1. The maximum absolute atomic E-state index is 13.8. The summed E-state index contributed by atoms with van der Waals surface area (Å²) in [6.07, 6.45) is 3.35. The molecule has 2 N–H and O–H groups in total. The Kier molecular flexibility index (Phi) is 4.26. The average molecular weight is 402 g/mol. The van der Waals surface area contributed by atoms with E-state index in [-0.39, 0.29) is 4.90 Å². The number of halogens is 2. The number of benzene rings is 2. The van der Waals surface area contributed by atoms with Crippen LogP contribution in [0.5, 0.6) is 0 Å². The van der Waals surface area contributed by atoms with Gasteiger partial charge in [-0.3, -0.25) is 4.98 Å². The van der Waals surface area contributed by atoms with Gasteiger partial charge in [0, 0.05) is 32.9 Å². The molecule has 4 aromatic rings. The Balaban J connectivity index is 1.97. The van der Waals surface area contributed by atoms with Crippen molar-refractivity contribution in [2.75, 3.05) is 0 Å². The quantitative estimate of drug-likeness (QED) is 0.546. The second kappa shape index (κ2) is 6.49. The predicted molar refractivity (Wildman–Crippen MR) is 102 cm³/mol. The van der Waals surface area contributed by atoms with E-state index < -0.39 is 21.7 Å². The molecular formula is C19H12F2N2O2S2. The first-order chi connectivity index (χ1) is 12.8. The minimum Gasteiger partial charge on any atom is -0.264 e. The summed E-state index contributed by atoms with van der Waals surface area (Å²) in [6, 6.07) is 11.7. The third-order valence-electron chi connectivity index (χ3n) is 4.14. The summed E-state index contributed by atoms with van der Waals surface area (Å²) in [4.78, 5) is 4.89. The van der Waals surface area contributed by atoms with Crippen LogP contribution in [0, 0.1) is 11.6 Å². The van der Waals surface area contributed by atoms with Gasteiger partial charge in [0.1, 0.15) is 0 Å². The molecule has 2 heterocycles. The summed E-state index contributed by atoms with van der Waals surface area (Å²) in [6.45, 7) is 0. The number of fused-ring (bicyclic) bond motifs is 1. The van der Waals surface area contributed by atoms with Crippen LogP contribution in [-0.4, -0.2) is 13.4 Å². The largest absolute Gasteiger partial charge is 0.264 e. The summed E-state index contributed by atoms with van der Waals surface area (Å²) in [7, 11) is -3.80. The van der Waals surface area contributed by atoms with E-state index in [0.29, 0.717) is 5.56 Å². The lowest BCUT2D eigenvalue weighted by Gasteiger charge is -2.07. The molecule has 0 bridgehead atoms. The SMILES string of the molecule is NS(=O)(=O)c1ccc(-c2c(-c3ccc(F)c(F)c3)sc3ccncc23)cc1. The Bertz CT molecular complexity index is 1270. The highest BCUT2D eigenvalue weighted by Crippen LogP contribution is 2.44. The Labute approximate surface area is 158 Å². The molecule has 8 heteroatoms. The van der Waals surface area contributed by atoms with E-state index in [9.17, 15) is 17.2 Å². The van der Waals surface area contributed by atoms with Crippen molar-refractivity contribution < 1.29 is 17.2 Å². The summed E-state index contributed by atoms with van der Waals surface area (Å²) < 4.78 is 51.0. The lowest BCUT2D eigenvalue weighted by atomic mass is 9.99. The summed E-state index contributed by atoms with van der Waals surface area (Å²) in [5.41, 5.74) is 2.03. The van der Waals surface area contributed by atoms with Gasteiger partial charge in [-0.2, -0.15) is 0 Å². The van der Waals surface area contributed by atoms with Gasteiger partial charge in [0.05, 0.1) is 4.90 Å². The molecule has 0 aliphatic heterocycles. The fourth-order valence-electron chi connectivity index (χ4n) is 2.88. The molecule has 4 nitrogen and oxygen atoms in total. The minimum atomic E-state index is -3.80. The number of nitrogens with two attached hydrogens (primary N) is 1. The van der Waals surface area contributed by atoms with Gasteiger partial charge in [-0.15, -0.1) is 11.3 Å². The lowest BCUT2D eigenvalue weighted by molar-refractivity contribution is 0.509. The number of nitrogens with zero attached hydrogens (tertiary/aromatic N) is 1. The molecule has 0 radical (unpaired) electrons. The number of thiophene rings is 1. The van der Waals surface area contributed by atoms with Crippen LogP contribution >= 0.6 is 11.3 Å². The van der Waals surface area contributed by atoms with Crippen molar-refractivity contribution in [3.8, 4) is 21.6 Å². The Hall–Kier alpha value is -2.68. The van der Waals surface area contributed by atoms with Gasteiger partial charge in [0.25, 0.3) is 0 Å². The molecule has 27 heavy (non-hydrogen) atoms. The number of rotatable bonds is 3. The molecule has 2 aromatic carbocycles. The molecule has 4 rings (SSSR count). The smallest absolute Gasteiger partial charge is 0.238 e. The number of aromatic nitrogens is 1. The number of sulfonamides is 1. The van der Waals surface area contributed by atoms with Gasteiger partial charge in [0.2, 0.25) is 10.0 Å². The first-order valence-corrected chi connectivity index (χ1v) is 10.2. The van der Waals surface area contributed by atoms with Crippen molar-refractivity contribution in [2.45, 2.75) is 4.90 Å². The van der Waals surface area contributed by atoms with Crippen LogP contribution in [0.3, 0.4) is 0 Å². The first-order valence-electron chi connectivity index (χ1n) is 7.80. The van der Waals surface area contributed by atoms with Crippen molar-refractivity contribution >= 4 is 31.4 Å².